The van der Waals surface area contributed by atoms with Gasteiger partial charge in [0, 0.05) is 25.3 Å². The number of aryl methyl sites for hydroxylation is 1. The van der Waals surface area contributed by atoms with Crippen LogP contribution in [0, 0.1) is 18.3 Å². The second-order valence-electron chi connectivity index (χ2n) is 4.12. The molecule has 0 amide bonds. The van der Waals surface area contributed by atoms with E-state index in [1.54, 1.807) is 6.92 Å². The van der Waals surface area contributed by atoms with E-state index in [4.69, 9.17) is 10.4 Å². The molecule has 0 heterocycles. The van der Waals surface area contributed by atoms with Gasteiger partial charge in [0.1, 0.15) is 0 Å². The van der Waals surface area contributed by atoms with Crippen LogP contribution in [0.2, 0.25) is 0 Å². The number of nitriles is 1. The summed E-state index contributed by atoms with van der Waals surface area (Å²) in [6.45, 7) is 5.87. The fraction of sp³-hybridized carbons (Fsp3) is 0.462. The molecular weight excluding hydrogens is 214 g/mol. The minimum atomic E-state index is -0.313. The summed E-state index contributed by atoms with van der Waals surface area (Å²) in [5, 5.41) is 24.2. The van der Waals surface area contributed by atoms with Crippen molar-refractivity contribution in [2.24, 2.45) is 0 Å². The van der Waals surface area contributed by atoms with Gasteiger partial charge in [0.15, 0.2) is 0 Å². The van der Waals surface area contributed by atoms with Crippen LogP contribution in [0.3, 0.4) is 0 Å². The first-order valence-corrected chi connectivity index (χ1v) is 5.77. The van der Waals surface area contributed by atoms with Gasteiger partial charge in [0.2, 0.25) is 0 Å². The lowest BCUT2D eigenvalue weighted by atomic mass is 10.1. The molecule has 1 aromatic carbocycles. The predicted octanol–water partition coefficient (Wildman–Crippen LogP) is 1.25. The van der Waals surface area contributed by atoms with E-state index < -0.39 is 0 Å². The van der Waals surface area contributed by atoms with Gasteiger partial charge in [-0.05, 0) is 37.6 Å². The third-order valence-corrected chi connectivity index (χ3v) is 2.42. The van der Waals surface area contributed by atoms with Crippen molar-refractivity contribution >= 4 is 5.69 Å². The molecule has 0 fully saturated rings. The number of hydrogen-bond acceptors (Lipinski definition) is 4. The number of aliphatic hydroxyl groups is 1. The molecule has 0 aromatic heterocycles. The Kier molecular flexibility index (Phi) is 5.47. The first kappa shape index (κ1) is 13.5. The van der Waals surface area contributed by atoms with E-state index >= 15 is 0 Å². The largest absolute Gasteiger partial charge is 0.392 e. The van der Waals surface area contributed by atoms with Crippen molar-refractivity contribution < 1.29 is 5.11 Å². The maximum atomic E-state index is 9.05. The van der Waals surface area contributed by atoms with Gasteiger partial charge in [-0.2, -0.15) is 5.26 Å². The van der Waals surface area contributed by atoms with Gasteiger partial charge in [0.05, 0.1) is 17.7 Å². The van der Waals surface area contributed by atoms with Gasteiger partial charge < -0.3 is 15.7 Å². The highest BCUT2D eigenvalue weighted by Gasteiger charge is 1.98. The van der Waals surface area contributed by atoms with Crippen molar-refractivity contribution in [1.82, 2.24) is 5.32 Å². The molecule has 0 radical (unpaired) electrons. The molecule has 0 saturated carbocycles. The summed E-state index contributed by atoms with van der Waals surface area (Å²) in [7, 11) is 0. The quantitative estimate of drug-likeness (QED) is 0.647. The van der Waals surface area contributed by atoms with Crippen LogP contribution in [0.15, 0.2) is 18.2 Å². The monoisotopic (exact) mass is 233 g/mol. The van der Waals surface area contributed by atoms with Crippen LogP contribution in [0.25, 0.3) is 0 Å². The van der Waals surface area contributed by atoms with Gasteiger partial charge in [0.25, 0.3) is 0 Å². The molecule has 0 spiro atoms. The van der Waals surface area contributed by atoms with Gasteiger partial charge in [-0.3, -0.25) is 0 Å². The Morgan fingerprint density at radius 2 is 2.18 bits per heavy atom. The molecular formula is C13H19N3O. The van der Waals surface area contributed by atoms with Crippen molar-refractivity contribution in [3.8, 4) is 6.07 Å². The molecule has 0 aliphatic heterocycles. The minimum absolute atomic E-state index is 0.313. The van der Waals surface area contributed by atoms with Crippen LogP contribution in [0.1, 0.15) is 18.1 Å². The highest BCUT2D eigenvalue weighted by Crippen LogP contribution is 2.13. The molecule has 1 aromatic rings. The Morgan fingerprint density at radius 1 is 1.41 bits per heavy atom. The first-order valence-electron chi connectivity index (χ1n) is 5.77. The normalized spacial score (nSPS) is 11.9. The highest BCUT2D eigenvalue weighted by molar-refractivity contribution is 5.51. The number of anilines is 1. The lowest BCUT2D eigenvalue weighted by Crippen LogP contribution is -2.28. The molecule has 1 rings (SSSR count). The first-order chi connectivity index (χ1) is 8.13. The zero-order chi connectivity index (χ0) is 12.7. The molecule has 4 heteroatoms. The van der Waals surface area contributed by atoms with Gasteiger partial charge in [-0.15, -0.1) is 0 Å². The van der Waals surface area contributed by atoms with Crippen LogP contribution in [-0.4, -0.2) is 30.8 Å². The van der Waals surface area contributed by atoms with Gasteiger partial charge in [-0.1, -0.05) is 0 Å². The Morgan fingerprint density at radius 3 is 2.76 bits per heavy atom. The summed E-state index contributed by atoms with van der Waals surface area (Å²) in [5.41, 5.74) is 2.71. The van der Waals surface area contributed by atoms with Crippen molar-refractivity contribution in [3.05, 3.63) is 29.3 Å². The van der Waals surface area contributed by atoms with Gasteiger partial charge in [-0.25, -0.2) is 0 Å². The van der Waals surface area contributed by atoms with E-state index in [0.717, 1.165) is 24.3 Å². The Balaban J connectivity index is 2.33. The maximum absolute atomic E-state index is 9.05. The summed E-state index contributed by atoms with van der Waals surface area (Å²) in [6, 6.07) is 7.83. The fourth-order valence-electron chi connectivity index (χ4n) is 1.51. The van der Waals surface area contributed by atoms with E-state index in [1.807, 2.05) is 25.1 Å². The molecule has 1 unspecified atom stereocenters. The molecule has 0 saturated heterocycles. The van der Waals surface area contributed by atoms with Crippen LogP contribution in [0.5, 0.6) is 0 Å². The molecule has 0 bridgehead atoms. The van der Waals surface area contributed by atoms with E-state index in [2.05, 4.69) is 16.7 Å². The number of rotatable bonds is 6. The zero-order valence-electron chi connectivity index (χ0n) is 10.3. The summed E-state index contributed by atoms with van der Waals surface area (Å²) >= 11 is 0. The highest BCUT2D eigenvalue weighted by atomic mass is 16.3. The standard InChI is InChI=1S/C13H19N3O/c1-10-7-13(4-3-12(10)8-14)16-6-5-15-9-11(2)17/h3-4,7,11,15-17H,5-6,9H2,1-2H3. The SMILES string of the molecule is Cc1cc(NCCNCC(C)O)ccc1C#N. The number of hydrogen-bond donors (Lipinski definition) is 3. The minimum Gasteiger partial charge on any atom is -0.392 e. The molecule has 92 valence electrons. The Hall–Kier alpha value is -1.57. The molecule has 1 atom stereocenters. The topological polar surface area (TPSA) is 68.1 Å². The second kappa shape index (κ2) is 6.89. The average molecular weight is 233 g/mol. The Labute approximate surface area is 102 Å². The van der Waals surface area contributed by atoms with E-state index in [9.17, 15) is 0 Å². The third kappa shape index (κ3) is 4.85. The molecule has 4 nitrogen and oxygen atoms in total. The number of aliphatic hydroxyl groups excluding tert-OH is 1. The summed E-state index contributed by atoms with van der Waals surface area (Å²) in [4.78, 5) is 0. The van der Waals surface area contributed by atoms with Crippen LogP contribution in [-0.2, 0) is 0 Å². The molecule has 0 aliphatic rings. The zero-order valence-corrected chi connectivity index (χ0v) is 10.3. The van der Waals surface area contributed by atoms with Gasteiger partial charge >= 0.3 is 0 Å². The second-order valence-corrected chi connectivity index (χ2v) is 4.12. The predicted molar refractivity (Wildman–Crippen MR) is 68.9 cm³/mol. The lowest BCUT2D eigenvalue weighted by molar-refractivity contribution is 0.192. The van der Waals surface area contributed by atoms with E-state index in [-0.39, 0.29) is 6.10 Å². The summed E-state index contributed by atoms with van der Waals surface area (Å²) < 4.78 is 0. The average Bonchev–Trinajstić information content (AvgIpc) is 2.28. The molecule has 17 heavy (non-hydrogen) atoms. The van der Waals surface area contributed by atoms with E-state index in [1.165, 1.54) is 0 Å². The smallest absolute Gasteiger partial charge is 0.0994 e. The van der Waals surface area contributed by atoms with Crippen molar-refractivity contribution in [2.45, 2.75) is 20.0 Å². The maximum Gasteiger partial charge on any atom is 0.0994 e. The lowest BCUT2D eigenvalue weighted by Gasteiger charge is -2.09. The van der Waals surface area contributed by atoms with E-state index in [0.29, 0.717) is 12.1 Å². The Bertz CT molecular complexity index is 396. The van der Waals surface area contributed by atoms with Crippen LogP contribution >= 0.6 is 0 Å². The van der Waals surface area contributed by atoms with Crippen molar-refractivity contribution in [2.75, 3.05) is 25.0 Å². The number of nitrogens with zero attached hydrogens (tertiary/aromatic N) is 1. The molecule has 3 N–H and O–H groups in total. The van der Waals surface area contributed by atoms with Crippen molar-refractivity contribution in [1.29, 1.82) is 5.26 Å². The van der Waals surface area contributed by atoms with Crippen LogP contribution in [0.4, 0.5) is 5.69 Å². The fourth-order valence-corrected chi connectivity index (χ4v) is 1.51. The van der Waals surface area contributed by atoms with Crippen molar-refractivity contribution in [3.63, 3.8) is 0 Å². The summed E-state index contributed by atoms with van der Waals surface area (Å²) in [5.74, 6) is 0. The third-order valence-electron chi connectivity index (χ3n) is 2.42. The molecule has 0 aliphatic carbocycles. The van der Waals surface area contributed by atoms with Crippen LogP contribution < -0.4 is 10.6 Å². The number of nitrogens with one attached hydrogen (secondary N) is 2. The summed E-state index contributed by atoms with van der Waals surface area (Å²) in [6.07, 6.45) is -0.313. The number of benzene rings is 1.